The first kappa shape index (κ1) is 16.9. The number of nitrogens with zero attached hydrogens (tertiary/aromatic N) is 1. The topological polar surface area (TPSA) is 69.6 Å². The summed E-state index contributed by atoms with van der Waals surface area (Å²) in [6.45, 7) is 6.13. The van der Waals surface area contributed by atoms with Gasteiger partial charge in [0.25, 0.3) is 0 Å². The first-order valence-electron chi connectivity index (χ1n) is 6.69. The van der Waals surface area contributed by atoms with Crippen LogP contribution in [0.25, 0.3) is 0 Å². The second-order valence-electron chi connectivity index (χ2n) is 5.52. The van der Waals surface area contributed by atoms with Crippen molar-refractivity contribution in [3.05, 3.63) is 24.3 Å². The summed E-state index contributed by atoms with van der Waals surface area (Å²) >= 11 is 0. The van der Waals surface area contributed by atoms with Gasteiger partial charge in [0.05, 0.1) is 10.5 Å². The number of hydrogen-bond donors (Lipinski definition) is 2. The number of sulfonamides is 1. The Balaban J connectivity index is 2.87. The molecule has 0 atom stereocenters. The van der Waals surface area contributed by atoms with E-state index in [9.17, 15) is 13.5 Å². The molecule has 1 aromatic carbocycles. The Bertz CT molecular complexity index is 518. The molecule has 6 heteroatoms. The molecule has 5 nitrogen and oxygen atoms in total. The molecule has 0 saturated carbocycles. The number of aliphatic hydroxyl groups is 1. The third-order valence-corrected chi connectivity index (χ3v) is 4.57. The summed E-state index contributed by atoms with van der Waals surface area (Å²) in [6.07, 6.45) is 1.01. The third-order valence-electron chi connectivity index (χ3n) is 2.75. The summed E-state index contributed by atoms with van der Waals surface area (Å²) in [5.41, 5.74) is -0.166. The summed E-state index contributed by atoms with van der Waals surface area (Å²) in [6, 6.07) is 6.66. The van der Waals surface area contributed by atoms with Crippen LogP contribution in [-0.2, 0) is 10.0 Å². The van der Waals surface area contributed by atoms with Crippen LogP contribution in [0.1, 0.15) is 27.2 Å². The highest BCUT2D eigenvalue weighted by Crippen LogP contribution is 2.19. The lowest BCUT2D eigenvalue weighted by molar-refractivity contribution is 0.0640. The quantitative estimate of drug-likeness (QED) is 0.807. The fraction of sp³-hybridized carbons (Fsp3) is 0.571. The van der Waals surface area contributed by atoms with E-state index in [0.29, 0.717) is 0 Å². The Morgan fingerprint density at radius 1 is 1.25 bits per heavy atom. The van der Waals surface area contributed by atoms with E-state index < -0.39 is 15.6 Å². The van der Waals surface area contributed by atoms with Crippen molar-refractivity contribution in [1.82, 2.24) is 4.31 Å². The van der Waals surface area contributed by atoms with Gasteiger partial charge in [-0.25, -0.2) is 8.42 Å². The smallest absolute Gasteiger partial charge is 0.242 e. The van der Waals surface area contributed by atoms with Crippen molar-refractivity contribution >= 4 is 15.7 Å². The Morgan fingerprint density at radius 3 is 2.25 bits per heavy atom. The molecule has 0 amide bonds. The zero-order valence-corrected chi connectivity index (χ0v) is 13.4. The molecular weight excluding hydrogens is 276 g/mol. The highest BCUT2D eigenvalue weighted by Gasteiger charge is 2.26. The summed E-state index contributed by atoms with van der Waals surface area (Å²) in [5.74, 6) is 0. The molecule has 0 aromatic heterocycles. The SMILES string of the molecule is CCCNc1ccc(S(=O)(=O)N(C)CC(C)(C)O)cc1. The molecule has 0 radical (unpaired) electrons. The molecule has 2 N–H and O–H groups in total. The maximum Gasteiger partial charge on any atom is 0.242 e. The van der Waals surface area contributed by atoms with Crippen LogP contribution in [-0.4, -0.2) is 43.6 Å². The van der Waals surface area contributed by atoms with E-state index in [1.54, 1.807) is 38.1 Å². The van der Waals surface area contributed by atoms with Crippen molar-refractivity contribution in [2.45, 2.75) is 37.7 Å². The normalized spacial score (nSPS) is 12.7. The number of rotatable bonds is 7. The summed E-state index contributed by atoms with van der Waals surface area (Å²) in [4.78, 5) is 0.228. The second-order valence-corrected chi connectivity index (χ2v) is 7.57. The lowest BCUT2D eigenvalue weighted by atomic mass is 10.1. The molecule has 0 heterocycles. The maximum atomic E-state index is 12.3. The summed E-state index contributed by atoms with van der Waals surface area (Å²) in [5, 5.41) is 12.9. The van der Waals surface area contributed by atoms with Crippen molar-refractivity contribution in [3.63, 3.8) is 0 Å². The first-order valence-corrected chi connectivity index (χ1v) is 8.13. The van der Waals surface area contributed by atoms with Gasteiger partial charge in [-0.1, -0.05) is 6.92 Å². The van der Waals surface area contributed by atoms with Crippen LogP contribution in [0, 0.1) is 0 Å². The van der Waals surface area contributed by atoms with Crippen LogP contribution < -0.4 is 5.32 Å². The van der Waals surface area contributed by atoms with Gasteiger partial charge in [0.15, 0.2) is 0 Å². The van der Waals surface area contributed by atoms with E-state index in [1.807, 2.05) is 0 Å². The lowest BCUT2D eigenvalue weighted by Gasteiger charge is -2.25. The van der Waals surface area contributed by atoms with E-state index in [-0.39, 0.29) is 11.4 Å². The summed E-state index contributed by atoms with van der Waals surface area (Å²) < 4.78 is 25.8. The Kier molecular flexibility index (Phi) is 5.56. The van der Waals surface area contributed by atoms with Gasteiger partial charge >= 0.3 is 0 Å². The van der Waals surface area contributed by atoms with Gasteiger partial charge < -0.3 is 10.4 Å². The maximum absolute atomic E-state index is 12.3. The Hall–Kier alpha value is -1.11. The standard InChI is InChI=1S/C14H24N2O3S/c1-5-10-15-12-6-8-13(9-7-12)20(18,19)16(4)11-14(2,3)17/h6-9,15,17H,5,10-11H2,1-4H3. The number of anilines is 1. The van der Waals surface area contributed by atoms with Gasteiger partial charge in [-0.15, -0.1) is 0 Å². The van der Waals surface area contributed by atoms with E-state index in [0.717, 1.165) is 18.7 Å². The van der Waals surface area contributed by atoms with Crippen molar-refractivity contribution in [2.75, 3.05) is 25.5 Å². The number of likely N-dealkylation sites (N-methyl/N-ethyl adjacent to an activating group) is 1. The molecule has 0 spiro atoms. The molecule has 1 rings (SSSR count). The van der Waals surface area contributed by atoms with Gasteiger partial charge in [0, 0.05) is 25.8 Å². The number of nitrogens with one attached hydrogen (secondary N) is 1. The van der Waals surface area contributed by atoms with Crippen LogP contribution in [0.15, 0.2) is 29.2 Å². The van der Waals surface area contributed by atoms with Crippen LogP contribution in [0.3, 0.4) is 0 Å². The number of benzene rings is 1. The highest BCUT2D eigenvalue weighted by atomic mass is 32.2. The van der Waals surface area contributed by atoms with Gasteiger partial charge in [0.2, 0.25) is 10.0 Å². The third kappa shape index (κ3) is 4.77. The van der Waals surface area contributed by atoms with Crippen molar-refractivity contribution in [2.24, 2.45) is 0 Å². The predicted octanol–water partition coefficient (Wildman–Crippen LogP) is 1.90. The molecule has 20 heavy (non-hydrogen) atoms. The molecule has 0 saturated heterocycles. The molecule has 0 bridgehead atoms. The zero-order valence-electron chi connectivity index (χ0n) is 12.5. The second kappa shape index (κ2) is 6.56. The van der Waals surface area contributed by atoms with Crippen molar-refractivity contribution in [1.29, 1.82) is 0 Å². The van der Waals surface area contributed by atoms with Crippen molar-refractivity contribution < 1.29 is 13.5 Å². The first-order chi connectivity index (χ1) is 9.16. The van der Waals surface area contributed by atoms with E-state index >= 15 is 0 Å². The fourth-order valence-electron chi connectivity index (χ4n) is 1.82. The number of hydrogen-bond acceptors (Lipinski definition) is 4. The van der Waals surface area contributed by atoms with Crippen molar-refractivity contribution in [3.8, 4) is 0 Å². The molecular formula is C14H24N2O3S. The Labute approximate surface area is 121 Å². The average Bonchev–Trinajstić information content (AvgIpc) is 2.34. The monoisotopic (exact) mass is 300 g/mol. The lowest BCUT2D eigenvalue weighted by Crippen LogP contribution is -2.39. The van der Waals surface area contributed by atoms with Crippen LogP contribution in [0.2, 0.25) is 0 Å². The van der Waals surface area contributed by atoms with Gasteiger partial charge in [-0.2, -0.15) is 4.31 Å². The van der Waals surface area contributed by atoms with Crippen LogP contribution in [0.4, 0.5) is 5.69 Å². The van der Waals surface area contributed by atoms with Gasteiger partial charge in [0.1, 0.15) is 0 Å². The van der Waals surface area contributed by atoms with Gasteiger partial charge in [-0.05, 0) is 44.5 Å². The minimum absolute atomic E-state index is 0.0468. The van der Waals surface area contributed by atoms with E-state index in [4.69, 9.17) is 0 Å². The fourth-order valence-corrected chi connectivity index (χ4v) is 3.15. The summed E-state index contributed by atoms with van der Waals surface area (Å²) in [7, 11) is -2.10. The zero-order chi connectivity index (χ0) is 15.4. The molecule has 0 aliphatic rings. The largest absolute Gasteiger partial charge is 0.389 e. The van der Waals surface area contributed by atoms with Crippen LogP contribution in [0.5, 0.6) is 0 Å². The molecule has 0 unspecified atom stereocenters. The minimum Gasteiger partial charge on any atom is -0.389 e. The predicted molar refractivity (Wildman–Crippen MR) is 81.3 cm³/mol. The molecule has 114 valence electrons. The molecule has 0 aliphatic heterocycles. The van der Waals surface area contributed by atoms with Gasteiger partial charge in [-0.3, -0.25) is 0 Å². The molecule has 0 fully saturated rings. The molecule has 1 aromatic rings. The van der Waals surface area contributed by atoms with E-state index in [1.165, 1.54) is 11.4 Å². The van der Waals surface area contributed by atoms with E-state index in [2.05, 4.69) is 12.2 Å². The molecule has 0 aliphatic carbocycles. The Morgan fingerprint density at radius 2 is 1.80 bits per heavy atom. The minimum atomic E-state index is -3.56. The average molecular weight is 300 g/mol. The highest BCUT2D eigenvalue weighted by molar-refractivity contribution is 7.89. The van der Waals surface area contributed by atoms with Crippen LogP contribution >= 0.6 is 0 Å².